The molecule has 1 saturated carbocycles. The second-order valence-corrected chi connectivity index (χ2v) is 10.1. The van der Waals surface area contributed by atoms with Gasteiger partial charge in [-0.2, -0.15) is 5.10 Å². The minimum atomic E-state index is -0.703. The van der Waals surface area contributed by atoms with Crippen LogP contribution >= 0.6 is 0 Å². The maximum Gasteiger partial charge on any atom is 0.325 e. The first-order valence-electron chi connectivity index (χ1n) is 12.7. The molecule has 2 fully saturated rings. The van der Waals surface area contributed by atoms with Gasteiger partial charge in [-0.3, -0.25) is 14.5 Å². The van der Waals surface area contributed by atoms with Gasteiger partial charge in [0.15, 0.2) is 5.65 Å². The molecular weight excluding hydrogens is 456 g/mol. The molecule has 3 aromatic rings. The number of hydrogen-bond acceptors (Lipinski definition) is 5. The van der Waals surface area contributed by atoms with Gasteiger partial charge in [-0.05, 0) is 51.7 Å². The number of fused-ring (bicyclic) bond motifs is 1. The van der Waals surface area contributed by atoms with Gasteiger partial charge < -0.3 is 10.6 Å². The summed E-state index contributed by atoms with van der Waals surface area (Å²) in [5, 5.41) is 11.0. The molecule has 1 aromatic carbocycles. The van der Waals surface area contributed by atoms with Crippen molar-refractivity contribution in [2.24, 2.45) is 0 Å². The monoisotopic (exact) mass is 488 g/mol. The van der Waals surface area contributed by atoms with Crippen LogP contribution in [0.25, 0.3) is 22.3 Å². The fourth-order valence-electron chi connectivity index (χ4n) is 5.31. The average molecular weight is 489 g/mol. The molecule has 1 aliphatic carbocycles. The van der Waals surface area contributed by atoms with Crippen LogP contribution in [0.15, 0.2) is 36.5 Å². The lowest BCUT2D eigenvalue weighted by Crippen LogP contribution is -2.44. The number of benzene rings is 1. The number of nitrogens with one attached hydrogen (secondary N) is 2. The second-order valence-electron chi connectivity index (χ2n) is 10.1. The molecule has 5 rings (SSSR count). The highest BCUT2D eigenvalue weighted by molar-refractivity contribution is 6.07. The molecule has 0 radical (unpaired) electrons. The third kappa shape index (κ3) is 4.12. The Hall–Kier alpha value is -3.75. The molecule has 188 valence electrons. The fraction of sp³-hybridized carbons (Fsp3) is 0.444. The third-order valence-electron chi connectivity index (χ3n) is 7.27. The molecule has 0 atom stereocenters. The third-order valence-corrected chi connectivity index (χ3v) is 7.27. The Morgan fingerprint density at radius 3 is 2.67 bits per heavy atom. The summed E-state index contributed by atoms with van der Waals surface area (Å²) in [7, 11) is 0. The van der Waals surface area contributed by atoms with Gasteiger partial charge in [0.05, 0.1) is 22.8 Å². The smallest absolute Gasteiger partial charge is 0.325 e. The van der Waals surface area contributed by atoms with E-state index in [4.69, 9.17) is 4.98 Å². The number of aryl methyl sites for hydroxylation is 1. The topological polar surface area (TPSA) is 109 Å². The summed E-state index contributed by atoms with van der Waals surface area (Å²) in [4.78, 5) is 44.7. The zero-order chi connectivity index (χ0) is 25.4. The highest BCUT2D eigenvalue weighted by atomic mass is 16.2. The van der Waals surface area contributed by atoms with E-state index in [9.17, 15) is 14.4 Å². The van der Waals surface area contributed by atoms with Gasteiger partial charge >= 0.3 is 6.03 Å². The molecule has 0 bridgehead atoms. The molecule has 36 heavy (non-hydrogen) atoms. The van der Waals surface area contributed by atoms with Crippen LogP contribution in [0.3, 0.4) is 0 Å². The van der Waals surface area contributed by atoms with Crippen LogP contribution in [0.2, 0.25) is 0 Å². The molecule has 9 heteroatoms. The van der Waals surface area contributed by atoms with Crippen molar-refractivity contribution in [1.29, 1.82) is 0 Å². The fourth-order valence-corrected chi connectivity index (χ4v) is 5.31. The molecule has 1 saturated heterocycles. The van der Waals surface area contributed by atoms with E-state index in [1.54, 1.807) is 6.20 Å². The van der Waals surface area contributed by atoms with E-state index in [2.05, 4.69) is 15.7 Å². The molecule has 1 aliphatic heterocycles. The molecule has 2 aliphatic rings. The Morgan fingerprint density at radius 1 is 1.19 bits per heavy atom. The predicted octanol–water partition coefficient (Wildman–Crippen LogP) is 3.97. The highest BCUT2D eigenvalue weighted by Gasteiger charge is 2.52. The minimum absolute atomic E-state index is 0.0883. The lowest BCUT2D eigenvalue weighted by atomic mass is 9.98. The Bertz CT molecular complexity index is 1340. The first-order chi connectivity index (χ1) is 17.3. The van der Waals surface area contributed by atoms with Gasteiger partial charge in [-0.1, -0.05) is 37.1 Å². The van der Waals surface area contributed by atoms with Crippen molar-refractivity contribution >= 4 is 28.9 Å². The quantitative estimate of drug-likeness (QED) is 0.386. The summed E-state index contributed by atoms with van der Waals surface area (Å²) >= 11 is 0. The number of rotatable bonds is 7. The van der Waals surface area contributed by atoms with Crippen LogP contribution in [-0.4, -0.2) is 56.1 Å². The summed E-state index contributed by atoms with van der Waals surface area (Å²) in [5.41, 5.74) is 3.21. The molecule has 2 aromatic heterocycles. The largest absolute Gasteiger partial charge is 0.352 e. The highest BCUT2D eigenvalue weighted by Crippen LogP contribution is 2.35. The van der Waals surface area contributed by atoms with Crippen molar-refractivity contribution in [3.8, 4) is 11.3 Å². The molecule has 2 N–H and O–H groups in total. The molecule has 4 amide bonds. The summed E-state index contributed by atoms with van der Waals surface area (Å²) < 4.78 is 1.82. The van der Waals surface area contributed by atoms with E-state index in [1.807, 2.05) is 55.8 Å². The normalized spacial score (nSPS) is 16.9. The van der Waals surface area contributed by atoms with Crippen LogP contribution < -0.4 is 10.6 Å². The lowest BCUT2D eigenvalue weighted by Gasteiger charge is -2.20. The van der Waals surface area contributed by atoms with Gasteiger partial charge in [0.25, 0.3) is 11.8 Å². The zero-order valence-corrected chi connectivity index (χ0v) is 21.0. The van der Waals surface area contributed by atoms with E-state index in [0.29, 0.717) is 48.1 Å². The van der Waals surface area contributed by atoms with Crippen molar-refractivity contribution < 1.29 is 14.4 Å². The van der Waals surface area contributed by atoms with Crippen molar-refractivity contribution in [3.05, 3.63) is 47.7 Å². The molecule has 0 unspecified atom stereocenters. The number of aromatic nitrogens is 3. The van der Waals surface area contributed by atoms with Crippen LogP contribution in [0.4, 0.5) is 4.79 Å². The van der Waals surface area contributed by atoms with Gasteiger partial charge in [-0.25, -0.2) is 14.5 Å². The van der Waals surface area contributed by atoms with E-state index in [-0.39, 0.29) is 30.4 Å². The van der Waals surface area contributed by atoms with Gasteiger partial charge in [-0.15, -0.1) is 0 Å². The SMILES string of the molecule is Cc1ccccc1-c1cc(C(=O)NCCCN2C(=O)NC3(CCCC3)C2=O)c2cnn(C(C)C)c2n1. The Balaban J connectivity index is 1.33. The summed E-state index contributed by atoms with van der Waals surface area (Å²) in [6, 6.07) is 9.53. The van der Waals surface area contributed by atoms with E-state index in [0.717, 1.165) is 24.0 Å². The van der Waals surface area contributed by atoms with Crippen LogP contribution in [0.1, 0.15) is 67.9 Å². The van der Waals surface area contributed by atoms with E-state index in [1.165, 1.54) is 4.90 Å². The van der Waals surface area contributed by atoms with Gasteiger partial charge in [0.2, 0.25) is 0 Å². The number of imide groups is 1. The Morgan fingerprint density at radius 2 is 1.94 bits per heavy atom. The standard InChI is InChI=1S/C27H32N6O3/c1-17(2)33-23-21(16-29-33)20(15-22(30-23)19-10-5-4-9-18(19)3)24(34)28-13-8-14-32-25(35)27(31-26(32)36)11-6-7-12-27/h4-5,9-10,15-17H,6-8,11-14H2,1-3H3,(H,28,34)(H,31,36). The van der Waals surface area contributed by atoms with E-state index < -0.39 is 5.54 Å². The van der Waals surface area contributed by atoms with Crippen molar-refractivity contribution in [1.82, 2.24) is 30.3 Å². The number of urea groups is 1. The van der Waals surface area contributed by atoms with Crippen LogP contribution in [0.5, 0.6) is 0 Å². The van der Waals surface area contributed by atoms with Crippen molar-refractivity contribution in [2.75, 3.05) is 13.1 Å². The van der Waals surface area contributed by atoms with Gasteiger partial charge in [0.1, 0.15) is 5.54 Å². The molecule has 1 spiro atoms. The second kappa shape index (κ2) is 9.37. The molecule has 9 nitrogen and oxygen atoms in total. The van der Waals surface area contributed by atoms with Crippen molar-refractivity contribution in [3.63, 3.8) is 0 Å². The maximum absolute atomic E-state index is 13.3. The number of amides is 4. The number of hydrogen-bond donors (Lipinski definition) is 2. The number of carbonyl (C=O) groups excluding carboxylic acids is 3. The number of carbonyl (C=O) groups is 3. The number of pyridine rings is 1. The predicted molar refractivity (Wildman–Crippen MR) is 136 cm³/mol. The average Bonchev–Trinajstić information content (AvgIpc) is 3.56. The van der Waals surface area contributed by atoms with Crippen LogP contribution in [0, 0.1) is 6.92 Å². The lowest BCUT2D eigenvalue weighted by molar-refractivity contribution is -0.131. The maximum atomic E-state index is 13.3. The first kappa shape index (κ1) is 24.0. The number of nitrogens with zero attached hydrogens (tertiary/aromatic N) is 4. The van der Waals surface area contributed by atoms with Crippen LogP contribution in [-0.2, 0) is 4.79 Å². The Kier molecular flexibility index (Phi) is 6.24. The summed E-state index contributed by atoms with van der Waals surface area (Å²) in [6.07, 6.45) is 5.48. The summed E-state index contributed by atoms with van der Waals surface area (Å²) in [6.45, 7) is 6.69. The van der Waals surface area contributed by atoms with E-state index >= 15 is 0 Å². The summed E-state index contributed by atoms with van der Waals surface area (Å²) in [5.74, 6) is -0.360. The van der Waals surface area contributed by atoms with Crippen molar-refractivity contribution in [2.45, 2.75) is 64.5 Å². The molecular formula is C27H32N6O3. The first-order valence-corrected chi connectivity index (χ1v) is 12.7. The zero-order valence-electron chi connectivity index (χ0n) is 21.0. The minimum Gasteiger partial charge on any atom is -0.352 e. The Labute approximate surface area is 210 Å². The molecule has 3 heterocycles. The van der Waals surface area contributed by atoms with Gasteiger partial charge in [0, 0.05) is 24.7 Å².